The largest absolute Gasteiger partial charge is 0.497 e. The molecule has 0 aliphatic carbocycles. The monoisotopic (exact) mass is 336 g/mol. The first-order valence-corrected chi connectivity index (χ1v) is 6.82. The maximum atomic E-state index is 9.45. The van der Waals surface area contributed by atoms with Crippen LogP contribution in [-0.4, -0.2) is 28.4 Å². The fourth-order valence-electron chi connectivity index (χ4n) is 1.19. The first kappa shape index (κ1) is 16.8. The number of aromatic nitrogens is 2. The Labute approximate surface area is 130 Å². The summed E-state index contributed by atoms with van der Waals surface area (Å²) in [6, 6.07) is 7.44. The molecule has 0 atom stereocenters. The van der Waals surface area contributed by atoms with Gasteiger partial charge in [0.15, 0.2) is 0 Å². The Balaban J connectivity index is 0.000000347. The van der Waals surface area contributed by atoms with Crippen LogP contribution < -0.4 is 4.74 Å². The molecule has 0 amide bonds. The zero-order valence-corrected chi connectivity index (χ0v) is 12.7. The Kier molecular flexibility index (Phi) is 7.36. The number of carbonyl (C=O) groups is 1. The molecular formula is C12H11Cl3N2O3. The lowest BCUT2D eigenvalue weighted by Crippen LogP contribution is -1.85. The van der Waals surface area contributed by atoms with Gasteiger partial charge < -0.3 is 9.26 Å². The van der Waals surface area contributed by atoms with Gasteiger partial charge in [0.1, 0.15) is 11.6 Å². The molecule has 0 spiro atoms. The lowest BCUT2D eigenvalue weighted by Gasteiger charge is -1.99. The number of ether oxygens (including phenoxy) is 1. The summed E-state index contributed by atoms with van der Waals surface area (Å²) >= 11 is 15.1. The highest BCUT2D eigenvalue weighted by atomic mass is 35.5. The van der Waals surface area contributed by atoms with E-state index in [1.165, 1.54) is 0 Å². The smallest absolute Gasteiger partial charge is 0.241 e. The van der Waals surface area contributed by atoms with Gasteiger partial charge in [-0.25, -0.2) is 0 Å². The van der Waals surface area contributed by atoms with Gasteiger partial charge in [-0.1, -0.05) is 17.3 Å². The molecule has 2 rings (SSSR count). The number of nitrogens with zero attached hydrogens (tertiary/aromatic N) is 2. The van der Waals surface area contributed by atoms with E-state index < -0.39 is 5.24 Å². The second-order valence-corrected chi connectivity index (χ2v) is 4.32. The topological polar surface area (TPSA) is 65.2 Å². The fraction of sp³-hybridized carbons (Fsp3) is 0.250. The van der Waals surface area contributed by atoms with Crippen molar-refractivity contribution in [1.82, 2.24) is 10.1 Å². The third-order valence-corrected chi connectivity index (χ3v) is 2.76. The first-order chi connectivity index (χ1) is 9.60. The number of methoxy groups -OCH3 is 1. The van der Waals surface area contributed by atoms with E-state index in [1.54, 1.807) is 7.11 Å². The van der Waals surface area contributed by atoms with Crippen LogP contribution in [0.15, 0.2) is 28.8 Å². The molecule has 1 aromatic carbocycles. The molecule has 0 fully saturated rings. The molecule has 0 saturated carbocycles. The van der Waals surface area contributed by atoms with E-state index in [-0.39, 0.29) is 11.8 Å². The highest BCUT2D eigenvalue weighted by Gasteiger charge is 2.07. The van der Waals surface area contributed by atoms with Crippen molar-refractivity contribution in [1.29, 1.82) is 0 Å². The molecule has 0 bridgehead atoms. The van der Waals surface area contributed by atoms with Crippen molar-refractivity contribution in [2.45, 2.75) is 5.88 Å². The predicted molar refractivity (Wildman–Crippen MR) is 77.4 cm³/mol. The predicted octanol–water partition coefficient (Wildman–Crippen LogP) is 3.47. The van der Waals surface area contributed by atoms with Crippen molar-refractivity contribution in [2.24, 2.45) is 0 Å². The van der Waals surface area contributed by atoms with E-state index in [1.807, 2.05) is 24.3 Å². The van der Waals surface area contributed by atoms with Crippen LogP contribution in [0.1, 0.15) is 5.89 Å². The fourth-order valence-corrected chi connectivity index (χ4v) is 1.30. The maximum Gasteiger partial charge on any atom is 0.241 e. The summed E-state index contributed by atoms with van der Waals surface area (Å²) in [5.74, 6) is 1.81. The summed E-state index contributed by atoms with van der Waals surface area (Å²) in [5, 5.41) is 3.30. The van der Waals surface area contributed by atoms with Gasteiger partial charge in [-0.2, -0.15) is 4.98 Å². The number of rotatable bonds is 4. The van der Waals surface area contributed by atoms with E-state index in [4.69, 9.17) is 44.1 Å². The van der Waals surface area contributed by atoms with Crippen LogP contribution in [0.3, 0.4) is 0 Å². The molecule has 0 aliphatic heterocycles. The van der Waals surface area contributed by atoms with Gasteiger partial charge in [-0.3, -0.25) is 4.79 Å². The van der Waals surface area contributed by atoms with Crippen molar-refractivity contribution in [3.63, 3.8) is 0 Å². The van der Waals surface area contributed by atoms with Gasteiger partial charge in [0.25, 0.3) is 0 Å². The van der Waals surface area contributed by atoms with E-state index in [0.717, 1.165) is 11.3 Å². The zero-order valence-electron chi connectivity index (χ0n) is 10.5. The first-order valence-electron chi connectivity index (χ1n) is 5.38. The second kappa shape index (κ2) is 8.79. The van der Waals surface area contributed by atoms with Gasteiger partial charge in [0, 0.05) is 5.56 Å². The van der Waals surface area contributed by atoms with Crippen molar-refractivity contribution in [3.05, 3.63) is 30.2 Å². The number of halogens is 3. The highest BCUT2D eigenvalue weighted by Crippen LogP contribution is 2.21. The minimum absolute atomic E-state index is 0.0957. The molecule has 20 heavy (non-hydrogen) atoms. The molecule has 5 nitrogen and oxygen atoms in total. The van der Waals surface area contributed by atoms with E-state index in [9.17, 15) is 4.79 Å². The van der Waals surface area contributed by atoms with E-state index in [2.05, 4.69) is 10.1 Å². The molecule has 108 valence electrons. The molecule has 8 heteroatoms. The van der Waals surface area contributed by atoms with Gasteiger partial charge >= 0.3 is 0 Å². The zero-order chi connectivity index (χ0) is 15.0. The molecule has 0 saturated heterocycles. The molecule has 1 aromatic heterocycles. The Morgan fingerprint density at radius 1 is 1.40 bits per heavy atom. The number of carbonyl (C=O) groups excluding carboxylic acids is 1. The molecule has 0 unspecified atom stereocenters. The Bertz CT molecular complexity index is 560. The Morgan fingerprint density at radius 3 is 2.60 bits per heavy atom. The summed E-state index contributed by atoms with van der Waals surface area (Å²) in [4.78, 5) is 13.6. The quantitative estimate of drug-likeness (QED) is 0.631. The van der Waals surface area contributed by atoms with Crippen LogP contribution in [0.4, 0.5) is 0 Å². The summed E-state index contributed by atoms with van der Waals surface area (Å²) in [7, 11) is 1.61. The van der Waals surface area contributed by atoms with Crippen molar-refractivity contribution in [2.75, 3.05) is 13.0 Å². The summed E-state index contributed by atoms with van der Waals surface area (Å²) in [6.45, 7) is 0. The SMILES string of the molecule is COc1cccc(-c2noc(CCl)n2)c1.O=C(Cl)CCl. The summed E-state index contributed by atoms with van der Waals surface area (Å²) in [6.07, 6.45) is 0. The number of alkyl halides is 2. The van der Waals surface area contributed by atoms with E-state index >= 15 is 0 Å². The third-order valence-electron chi connectivity index (χ3n) is 2.02. The van der Waals surface area contributed by atoms with Crippen molar-refractivity contribution >= 4 is 40.0 Å². The van der Waals surface area contributed by atoms with Crippen molar-refractivity contribution in [3.8, 4) is 17.1 Å². The van der Waals surface area contributed by atoms with Crippen LogP contribution >= 0.6 is 34.8 Å². The van der Waals surface area contributed by atoms with Crippen LogP contribution in [0, 0.1) is 0 Å². The number of hydrogen-bond donors (Lipinski definition) is 0. The molecule has 1 heterocycles. The van der Waals surface area contributed by atoms with Crippen LogP contribution in [-0.2, 0) is 10.7 Å². The van der Waals surface area contributed by atoms with Crippen molar-refractivity contribution < 1.29 is 14.1 Å². The molecular weight excluding hydrogens is 327 g/mol. The maximum absolute atomic E-state index is 9.45. The highest BCUT2D eigenvalue weighted by molar-refractivity contribution is 6.67. The minimum atomic E-state index is -0.508. The molecule has 0 radical (unpaired) electrons. The van der Waals surface area contributed by atoms with Gasteiger partial charge in [-0.15, -0.1) is 23.2 Å². The van der Waals surface area contributed by atoms with Gasteiger partial charge in [0.05, 0.1) is 13.0 Å². The number of hydrogen-bond acceptors (Lipinski definition) is 5. The standard InChI is InChI=1S/C10H9ClN2O2.C2H2Cl2O/c1-14-8-4-2-3-7(5-8)10-12-9(6-11)15-13-10;3-1-2(4)5/h2-5H,6H2,1H3;1H2. The van der Waals surface area contributed by atoms with Crippen LogP contribution in [0.5, 0.6) is 5.75 Å². The summed E-state index contributed by atoms with van der Waals surface area (Å²) < 4.78 is 10.0. The lowest BCUT2D eigenvalue weighted by atomic mass is 10.2. The second-order valence-electron chi connectivity index (χ2n) is 3.37. The average Bonchev–Trinajstić information content (AvgIpc) is 2.97. The minimum Gasteiger partial charge on any atom is -0.497 e. The van der Waals surface area contributed by atoms with Gasteiger partial charge in [0.2, 0.25) is 17.0 Å². The molecule has 0 aliphatic rings. The van der Waals surface area contributed by atoms with E-state index in [0.29, 0.717) is 11.7 Å². The Hall–Kier alpha value is -1.30. The average molecular weight is 338 g/mol. The molecule has 0 N–H and O–H groups in total. The normalized spacial score (nSPS) is 9.60. The van der Waals surface area contributed by atoms with Gasteiger partial charge in [-0.05, 0) is 23.7 Å². The van der Waals surface area contributed by atoms with Crippen LogP contribution in [0.2, 0.25) is 0 Å². The number of benzene rings is 1. The van der Waals surface area contributed by atoms with Crippen LogP contribution in [0.25, 0.3) is 11.4 Å². The Morgan fingerprint density at radius 2 is 2.10 bits per heavy atom. The molecule has 2 aromatic rings. The lowest BCUT2D eigenvalue weighted by molar-refractivity contribution is -0.109. The third kappa shape index (κ3) is 5.36. The summed E-state index contributed by atoms with van der Waals surface area (Å²) in [5.41, 5.74) is 0.842.